The number of aromatic amines is 1. The number of rotatable bonds is 3. The average Bonchev–Trinajstić information content (AvgIpc) is 3.41. The molecule has 7 nitrogen and oxygen atoms in total. The predicted molar refractivity (Wildman–Crippen MR) is 115 cm³/mol. The Morgan fingerprint density at radius 3 is 2.74 bits per heavy atom. The summed E-state index contributed by atoms with van der Waals surface area (Å²) in [5, 5.41) is 3.60. The van der Waals surface area contributed by atoms with Crippen LogP contribution in [-0.4, -0.2) is 29.1 Å². The van der Waals surface area contributed by atoms with E-state index in [-0.39, 0.29) is 35.1 Å². The van der Waals surface area contributed by atoms with Crippen LogP contribution in [0, 0.1) is 17.8 Å². The smallest absolute Gasteiger partial charge is 0.258 e. The van der Waals surface area contributed by atoms with Gasteiger partial charge in [0.2, 0.25) is 5.91 Å². The summed E-state index contributed by atoms with van der Waals surface area (Å²) < 4.78 is 11.2. The molecule has 3 aromatic rings. The van der Waals surface area contributed by atoms with Gasteiger partial charge in [-0.15, -0.1) is 0 Å². The maximum Gasteiger partial charge on any atom is 0.258 e. The van der Waals surface area contributed by atoms with Crippen molar-refractivity contribution >= 4 is 22.5 Å². The minimum Gasteiger partial charge on any atom is -0.486 e. The van der Waals surface area contributed by atoms with Crippen LogP contribution >= 0.6 is 0 Å². The second-order valence-corrected chi connectivity index (χ2v) is 8.32. The van der Waals surface area contributed by atoms with Crippen molar-refractivity contribution in [2.45, 2.75) is 12.3 Å². The van der Waals surface area contributed by atoms with Crippen LogP contribution in [0.5, 0.6) is 11.5 Å². The molecule has 2 heterocycles. The topological polar surface area (TPSA) is 93.3 Å². The van der Waals surface area contributed by atoms with E-state index < -0.39 is 0 Å². The number of aromatic nitrogens is 2. The molecular formula is C24H21N3O4. The van der Waals surface area contributed by atoms with Crippen LogP contribution in [0.25, 0.3) is 10.9 Å². The summed E-state index contributed by atoms with van der Waals surface area (Å²) in [5.74, 6) is 1.68. The van der Waals surface area contributed by atoms with E-state index in [1.165, 1.54) is 0 Å². The molecule has 7 heteroatoms. The van der Waals surface area contributed by atoms with Crippen LogP contribution in [0.15, 0.2) is 59.4 Å². The number of hydrogen-bond donors (Lipinski definition) is 2. The maximum atomic E-state index is 13.4. The molecule has 1 fully saturated rings. The second kappa shape index (κ2) is 6.97. The number of H-pyrrole nitrogens is 1. The summed E-state index contributed by atoms with van der Waals surface area (Å²) in [6.07, 6.45) is 5.16. The summed E-state index contributed by atoms with van der Waals surface area (Å²) in [6, 6.07) is 12.7. The van der Waals surface area contributed by atoms with Crippen molar-refractivity contribution in [1.82, 2.24) is 9.97 Å². The van der Waals surface area contributed by atoms with Crippen LogP contribution in [0.4, 0.5) is 5.69 Å². The van der Waals surface area contributed by atoms with E-state index in [2.05, 4.69) is 22.5 Å². The van der Waals surface area contributed by atoms with Crippen LogP contribution in [0.1, 0.15) is 18.2 Å². The predicted octanol–water partition coefficient (Wildman–Crippen LogP) is 3.24. The first-order chi connectivity index (χ1) is 15.2. The molecule has 1 amide bonds. The molecule has 4 unspecified atom stereocenters. The maximum absolute atomic E-state index is 13.4. The lowest BCUT2D eigenvalue weighted by Gasteiger charge is -2.27. The lowest BCUT2D eigenvalue weighted by Crippen LogP contribution is -2.33. The molecule has 2 aliphatic carbocycles. The highest BCUT2D eigenvalue weighted by Crippen LogP contribution is 2.52. The number of hydrogen-bond acceptors (Lipinski definition) is 5. The standard InChI is InChI=1S/C24H21N3O4/c28-23-16-3-1-2-4-17(16)26-22(27-23)20-13-5-6-14(11-13)21(20)24(29)25-15-7-8-18-19(12-15)31-10-9-30-18/h1-8,12-14,20-21H,9-11H2,(H,25,29)(H,26,27,28). The molecule has 0 radical (unpaired) electrons. The van der Waals surface area contributed by atoms with Gasteiger partial charge in [0.1, 0.15) is 19.0 Å². The average molecular weight is 415 g/mol. The Balaban J connectivity index is 1.33. The van der Waals surface area contributed by atoms with Crippen molar-refractivity contribution in [3.63, 3.8) is 0 Å². The first kappa shape index (κ1) is 18.2. The van der Waals surface area contributed by atoms with Crippen molar-refractivity contribution in [2.75, 3.05) is 18.5 Å². The summed E-state index contributed by atoms with van der Waals surface area (Å²) in [7, 11) is 0. The normalized spacial score (nSPS) is 25.7. The van der Waals surface area contributed by atoms with Crippen molar-refractivity contribution in [3.8, 4) is 11.5 Å². The Morgan fingerprint density at radius 2 is 1.84 bits per heavy atom. The summed E-state index contributed by atoms with van der Waals surface area (Å²) in [5.41, 5.74) is 1.15. The van der Waals surface area contributed by atoms with Crippen molar-refractivity contribution in [3.05, 3.63) is 70.8 Å². The number of carbonyl (C=O) groups is 1. The van der Waals surface area contributed by atoms with Crippen molar-refractivity contribution < 1.29 is 14.3 Å². The second-order valence-electron chi connectivity index (χ2n) is 8.32. The Labute approximate surface area is 178 Å². The van der Waals surface area contributed by atoms with Gasteiger partial charge >= 0.3 is 0 Å². The number of para-hydroxylation sites is 1. The number of nitrogens with one attached hydrogen (secondary N) is 2. The highest BCUT2D eigenvalue weighted by Gasteiger charge is 2.50. The Bertz CT molecular complexity index is 1280. The van der Waals surface area contributed by atoms with Gasteiger partial charge in [-0.2, -0.15) is 0 Å². The molecule has 156 valence electrons. The Kier molecular flexibility index (Phi) is 4.09. The molecule has 3 aliphatic rings. The molecule has 0 spiro atoms. The molecule has 2 aromatic carbocycles. The van der Waals surface area contributed by atoms with Crippen molar-refractivity contribution in [2.24, 2.45) is 17.8 Å². The van der Waals surface area contributed by atoms with Crippen LogP contribution in [-0.2, 0) is 4.79 Å². The highest BCUT2D eigenvalue weighted by atomic mass is 16.6. The van der Waals surface area contributed by atoms with Gasteiger partial charge in [-0.25, -0.2) is 4.98 Å². The van der Waals surface area contributed by atoms with Crippen LogP contribution in [0.3, 0.4) is 0 Å². The number of amides is 1. The van der Waals surface area contributed by atoms with Crippen molar-refractivity contribution in [1.29, 1.82) is 0 Å². The zero-order chi connectivity index (χ0) is 20.9. The van der Waals surface area contributed by atoms with Gasteiger partial charge in [-0.05, 0) is 42.5 Å². The quantitative estimate of drug-likeness (QED) is 0.641. The molecule has 2 N–H and O–H groups in total. The third-order valence-electron chi connectivity index (χ3n) is 6.52. The van der Waals surface area contributed by atoms with E-state index in [4.69, 9.17) is 14.5 Å². The van der Waals surface area contributed by atoms with Gasteiger partial charge in [-0.3, -0.25) is 9.59 Å². The molecule has 1 saturated carbocycles. The number of benzene rings is 2. The van der Waals surface area contributed by atoms with E-state index in [0.717, 1.165) is 6.42 Å². The van der Waals surface area contributed by atoms with E-state index in [1.807, 2.05) is 30.3 Å². The Hall–Kier alpha value is -3.61. The minimum absolute atomic E-state index is 0.0747. The summed E-state index contributed by atoms with van der Waals surface area (Å²) in [4.78, 5) is 33.7. The molecule has 1 aromatic heterocycles. The molecule has 31 heavy (non-hydrogen) atoms. The number of fused-ring (bicyclic) bond motifs is 4. The number of anilines is 1. The van der Waals surface area contributed by atoms with Gasteiger partial charge in [0.05, 0.1) is 16.8 Å². The zero-order valence-electron chi connectivity index (χ0n) is 16.7. The SMILES string of the molecule is O=C(Nc1ccc2c(c1)OCCO2)C1C2C=CC(C2)C1c1nc2ccccc2c(=O)[nH]1. The number of allylic oxidation sites excluding steroid dienone is 2. The fraction of sp³-hybridized carbons (Fsp3) is 0.292. The third-order valence-corrected chi connectivity index (χ3v) is 6.52. The van der Waals surface area contributed by atoms with Gasteiger partial charge in [0, 0.05) is 17.7 Å². The van der Waals surface area contributed by atoms with Gasteiger partial charge < -0.3 is 19.8 Å². The van der Waals surface area contributed by atoms with Gasteiger partial charge in [-0.1, -0.05) is 24.3 Å². The monoisotopic (exact) mass is 415 g/mol. The first-order valence-corrected chi connectivity index (χ1v) is 10.6. The molecule has 6 rings (SSSR count). The summed E-state index contributed by atoms with van der Waals surface area (Å²) in [6.45, 7) is 1.01. The lowest BCUT2D eigenvalue weighted by molar-refractivity contribution is -0.121. The number of carbonyl (C=O) groups excluding carboxylic acids is 1. The number of nitrogens with zero attached hydrogens (tertiary/aromatic N) is 1. The lowest BCUT2D eigenvalue weighted by atomic mass is 9.81. The van der Waals surface area contributed by atoms with E-state index in [1.54, 1.807) is 12.1 Å². The molecule has 0 saturated heterocycles. The first-order valence-electron chi connectivity index (χ1n) is 10.6. The van der Waals surface area contributed by atoms with E-state index >= 15 is 0 Å². The minimum atomic E-state index is -0.299. The molecule has 2 bridgehead atoms. The Morgan fingerprint density at radius 1 is 1.03 bits per heavy atom. The summed E-state index contributed by atoms with van der Waals surface area (Å²) >= 11 is 0. The largest absolute Gasteiger partial charge is 0.486 e. The molecular weight excluding hydrogens is 394 g/mol. The van der Waals surface area contributed by atoms with E-state index in [0.29, 0.717) is 47.1 Å². The fourth-order valence-electron chi connectivity index (χ4n) is 5.16. The van der Waals surface area contributed by atoms with E-state index in [9.17, 15) is 9.59 Å². The molecule has 4 atom stereocenters. The van der Waals surface area contributed by atoms with Crippen LogP contribution < -0.4 is 20.3 Å². The fourth-order valence-corrected chi connectivity index (χ4v) is 5.16. The number of ether oxygens (including phenoxy) is 2. The highest BCUT2D eigenvalue weighted by molar-refractivity contribution is 5.94. The third kappa shape index (κ3) is 3.00. The molecule has 1 aliphatic heterocycles. The van der Waals surface area contributed by atoms with Gasteiger partial charge in [0.25, 0.3) is 5.56 Å². The van der Waals surface area contributed by atoms with Gasteiger partial charge in [0.15, 0.2) is 11.5 Å². The zero-order valence-corrected chi connectivity index (χ0v) is 16.7. The van der Waals surface area contributed by atoms with Crippen LogP contribution in [0.2, 0.25) is 0 Å².